The number of aryl methyl sites for hydroxylation is 1. The van der Waals surface area contributed by atoms with Gasteiger partial charge in [0.2, 0.25) is 0 Å². The molecule has 0 heterocycles. The van der Waals surface area contributed by atoms with Crippen LogP contribution in [0.3, 0.4) is 0 Å². The second kappa shape index (κ2) is 6.20. The van der Waals surface area contributed by atoms with Crippen LogP contribution in [-0.2, 0) is 6.42 Å². The zero-order valence-electron chi connectivity index (χ0n) is 10.4. The maximum atomic E-state index is 3.75. The number of benzene rings is 2. The Kier molecular flexibility index (Phi) is 4.61. The maximum absolute atomic E-state index is 3.75. The van der Waals surface area contributed by atoms with Gasteiger partial charge in [-0.1, -0.05) is 62.6 Å². The maximum Gasteiger partial charge on any atom is 0.0285 e. The zero-order valence-corrected chi connectivity index (χ0v) is 12.0. The van der Waals surface area contributed by atoms with E-state index in [1.165, 1.54) is 52.9 Å². The lowest BCUT2D eigenvalue weighted by Crippen LogP contribution is -1.89. The molecular weight excluding hydrogens is 272 g/mol. The minimum atomic E-state index is 1.19. The lowest BCUT2D eigenvalue weighted by Gasteiger charge is -2.08. The lowest BCUT2D eigenvalue weighted by molar-refractivity contribution is 0.666. The summed E-state index contributed by atoms with van der Waals surface area (Å²) in [6, 6.07) is 13.0. The van der Waals surface area contributed by atoms with Gasteiger partial charge in [0.25, 0.3) is 0 Å². The molecule has 90 valence electrons. The summed E-state index contributed by atoms with van der Waals surface area (Å²) in [6.07, 6.45) is 6.48. The molecule has 0 radical (unpaired) electrons. The normalized spacial score (nSPS) is 10.9. The SMILES string of the molecule is CCCCCCc1ccc2ccccc2c1Br. The lowest BCUT2D eigenvalue weighted by atomic mass is 10.0. The third-order valence-electron chi connectivity index (χ3n) is 3.24. The number of hydrogen-bond acceptors (Lipinski definition) is 0. The fraction of sp³-hybridized carbons (Fsp3) is 0.375. The molecular formula is C16H19Br. The van der Waals surface area contributed by atoms with E-state index in [1.54, 1.807) is 0 Å². The summed E-state index contributed by atoms with van der Waals surface area (Å²) in [5, 5.41) is 2.65. The minimum absolute atomic E-state index is 1.19. The quantitative estimate of drug-likeness (QED) is 0.617. The Balaban J connectivity index is 2.15. The van der Waals surface area contributed by atoms with Crippen LogP contribution in [-0.4, -0.2) is 0 Å². The Labute approximate surface area is 112 Å². The average molecular weight is 291 g/mol. The molecule has 0 bridgehead atoms. The second-order valence-corrected chi connectivity index (χ2v) is 5.36. The van der Waals surface area contributed by atoms with Gasteiger partial charge in [0, 0.05) is 4.47 Å². The molecule has 0 spiro atoms. The van der Waals surface area contributed by atoms with Gasteiger partial charge >= 0.3 is 0 Å². The number of halogens is 1. The molecule has 0 nitrogen and oxygen atoms in total. The summed E-state index contributed by atoms with van der Waals surface area (Å²) in [4.78, 5) is 0. The van der Waals surface area contributed by atoms with Crippen LogP contribution in [0, 0.1) is 0 Å². The van der Waals surface area contributed by atoms with Crippen LogP contribution in [0.1, 0.15) is 38.2 Å². The largest absolute Gasteiger partial charge is 0.0654 e. The molecule has 0 aliphatic rings. The molecule has 2 aromatic carbocycles. The predicted molar refractivity (Wildman–Crippen MR) is 79.5 cm³/mol. The van der Waals surface area contributed by atoms with E-state index in [-0.39, 0.29) is 0 Å². The van der Waals surface area contributed by atoms with Gasteiger partial charge in [-0.25, -0.2) is 0 Å². The Hall–Kier alpha value is -0.820. The van der Waals surface area contributed by atoms with E-state index in [2.05, 4.69) is 59.3 Å². The number of hydrogen-bond donors (Lipinski definition) is 0. The van der Waals surface area contributed by atoms with Gasteiger partial charge in [-0.05, 0) is 45.1 Å². The highest BCUT2D eigenvalue weighted by Crippen LogP contribution is 2.28. The molecule has 0 saturated carbocycles. The first-order valence-electron chi connectivity index (χ1n) is 6.49. The fourth-order valence-electron chi connectivity index (χ4n) is 2.21. The third-order valence-corrected chi connectivity index (χ3v) is 4.18. The molecule has 0 unspecified atom stereocenters. The van der Waals surface area contributed by atoms with Crippen LogP contribution in [0.4, 0.5) is 0 Å². The van der Waals surface area contributed by atoms with Gasteiger partial charge in [-0.2, -0.15) is 0 Å². The van der Waals surface area contributed by atoms with E-state index in [4.69, 9.17) is 0 Å². The minimum Gasteiger partial charge on any atom is -0.0654 e. The first-order chi connectivity index (χ1) is 8.33. The van der Waals surface area contributed by atoms with E-state index < -0.39 is 0 Å². The van der Waals surface area contributed by atoms with Crippen molar-refractivity contribution in [2.45, 2.75) is 39.0 Å². The van der Waals surface area contributed by atoms with Crippen molar-refractivity contribution >= 4 is 26.7 Å². The zero-order chi connectivity index (χ0) is 12.1. The molecule has 0 N–H and O–H groups in total. The Morgan fingerprint density at radius 1 is 0.941 bits per heavy atom. The highest BCUT2D eigenvalue weighted by atomic mass is 79.9. The monoisotopic (exact) mass is 290 g/mol. The van der Waals surface area contributed by atoms with Crippen molar-refractivity contribution in [3.63, 3.8) is 0 Å². The van der Waals surface area contributed by atoms with Crippen molar-refractivity contribution < 1.29 is 0 Å². The highest BCUT2D eigenvalue weighted by Gasteiger charge is 2.04. The number of rotatable bonds is 5. The molecule has 2 aromatic rings. The topological polar surface area (TPSA) is 0 Å². The van der Waals surface area contributed by atoms with E-state index in [9.17, 15) is 0 Å². The van der Waals surface area contributed by atoms with Crippen LogP contribution in [0.15, 0.2) is 40.9 Å². The van der Waals surface area contributed by atoms with Crippen LogP contribution < -0.4 is 0 Å². The van der Waals surface area contributed by atoms with Crippen molar-refractivity contribution in [3.8, 4) is 0 Å². The summed E-state index contributed by atoms with van der Waals surface area (Å²) in [7, 11) is 0. The van der Waals surface area contributed by atoms with Crippen LogP contribution in [0.25, 0.3) is 10.8 Å². The molecule has 0 fully saturated rings. The number of fused-ring (bicyclic) bond motifs is 1. The van der Waals surface area contributed by atoms with Gasteiger partial charge in [0.1, 0.15) is 0 Å². The number of unbranched alkanes of at least 4 members (excludes halogenated alkanes) is 3. The summed E-state index contributed by atoms with van der Waals surface area (Å²) < 4.78 is 1.28. The van der Waals surface area contributed by atoms with Crippen LogP contribution in [0.5, 0.6) is 0 Å². The van der Waals surface area contributed by atoms with E-state index >= 15 is 0 Å². The summed E-state index contributed by atoms with van der Waals surface area (Å²) in [6.45, 7) is 2.26. The first-order valence-corrected chi connectivity index (χ1v) is 7.28. The van der Waals surface area contributed by atoms with Crippen molar-refractivity contribution in [2.24, 2.45) is 0 Å². The smallest absolute Gasteiger partial charge is 0.0285 e. The fourth-order valence-corrected chi connectivity index (χ4v) is 2.91. The molecule has 0 atom stereocenters. The summed E-state index contributed by atoms with van der Waals surface area (Å²) in [5.41, 5.74) is 1.44. The van der Waals surface area contributed by atoms with Gasteiger partial charge < -0.3 is 0 Å². The second-order valence-electron chi connectivity index (χ2n) is 4.57. The molecule has 1 heteroatoms. The summed E-state index contributed by atoms with van der Waals surface area (Å²) >= 11 is 3.75. The van der Waals surface area contributed by atoms with Crippen molar-refractivity contribution in [2.75, 3.05) is 0 Å². The molecule has 0 amide bonds. The van der Waals surface area contributed by atoms with Crippen LogP contribution >= 0.6 is 15.9 Å². The Morgan fingerprint density at radius 3 is 2.59 bits per heavy atom. The molecule has 0 aliphatic heterocycles. The third kappa shape index (κ3) is 3.10. The van der Waals surface area contributed by atoms with Gasteiger partial charge in [0.05, 0.1) is 0 Å². The van der Waals surface area contributed by atoms with Crippen LogP contribution in [0.2, 0.25) is 0 Å². The Bertz CT molecular complexity index is 488. The van der Waals surface area contributed by atoms with Gasteiger partial charge in [-0.3, -0.25) is 0 Å². The van der Waals surface area contributed by atoms with E-state index in [0.717, 1.165) is 0 Å². The molecule has 17 heavy (non-hydrogen) atoms. The molecule has 0 saturated heterocycles. The van der Waals surface area contributed by atoms with Crippen molar-refractivity contribution in [1.82, 2.24) is 0 Å². The van der Waals surface area contributed by atoms with E-state index in [1.807, 2.05) is 0 Å². The van der Waals surface area contributed by atoms with E-state index in [0.29, 0.717) is 0 Å². The van der Waals surface area contributed by atoms with Gasteiger partial charge in [0.15, 0.2) is 0 Å². The first kappa shape index (κ1) is 12.6. The Morgan fingerprint density at radius 2 is 1.76 bits per heavy atom. The highest BCUT2D eigenvalue weighted by molar-refractivity contribution is 9.10. The van der Waals surface area contributed by atoms with Gasteiger partial charge in [-0.15, -0.1) is 0 Å². The molecule has 0 aliphatic carbocycles. The van der Waals surface area contributed by atoms with Crippen molar-refractivity contribution in [1.29, 1.82) is 0 Å². The standard InChI is InChI=1S/C16H19Br/c1-2-3-4-5-9-14-12-11-13-8-6-7-10-15(13)16(14)17/h6-8,10-12H,2-5,9H2,1H3. The summed E-state index contributed by atoms with van der Waals surface area (Å²) in [5.74, 6) is 0. The van der Waals surface area contributed by atoms with Crippen molar-refractivity contribution in [3.05, 3.63) is 46.4 Å². The average Bonchev–Trinajstić information content (AvgIpc) is 2.37. The predicted octanol–water partition coefficient (Wildman–Crippen LogP) is 5.73. The molecule has 0 aromatic heterocycles. The molecule has 2 rings (SSSR count).